The Morgan fingerprint density at radius 2 is 0.558 bits per heavy atom. The zero-order chi connectivity index (χ0) is 29.1. The van der Waals surface area contributed by atoms with Crippen molar-refractivity contribution >= 4 is 0 Å². The van der Waals surface area contributed by atoms with Gasteiger partial charge in [-0.15, -0.1) is 0 Å². The Morgan fingerprint density at radius 3 is 0.837 bits per heavy atom. The summed E-state index contributed by atoms with van der Waals surface area (Å²) < 4.78 is 1.72. The van der Waals surface area contributed by atoms with Crippen molar-refractivity contribution in [2.24, 2.45) is 0 Å². The van der Waals surface area contributed by atoms with E-state index in [1.165, 1.54) is 0 Å². The number of aryl methyl sites for hydroxylation is 2. The van der Waals surface area contributed by atoms with Gasteiger partial charge in [-0.3, -0.25) is 4.68 Å². The highest BCUT2D eigenvalue weighted by Gasteiger charge is 2.15. The lowest BCUT2D eigenvalue weighted by atomic mass is 10.3. The predicted molar refractivity (Wildman–Crippen MR) is 173 cm³/mol. The first-order valence-electron chi connectivity index (χ1n) is 14.2. The van der Waals surface area contributed by atoms with E-state index in [9.17, 15) is 0 Å². The SMILES string of the molecule is Cc1ccc(-c2ccc(-c3ccc(-c4ccc(-c5ccc(-c6ccc(-c7ccc(-c8ccc(C)[nH]8)[nH]7)n6N)[nH]5)[nH]4)[nH]3)[nH]2)[nH]1. The van der Waals surface area contributed by atoms with Crippen LogP contribution in [0, 0.1) is 13.8 Å². The molecule has 0 spiro atoms. The average molecular weight is 566 g/mol. The first kappa shape index (κ1) is 24.8. The molecule has 0 amide bonds. The molecule has 0 bridgehead atoms. The number of nitrogens with two attached hydrogens (primary N) is 1. The van der Waals surface area contributed by atoms with E-state index in [-0.39, 0.29) is 0 Å². The number of aromatic amines is 7. The summed E-state index contributed by atoms with van der Waals surface area (Å²) in [4.78, 5) is 24.4. The zero-order valence-corrected chi connectivity index (χ0v) is 23.8. The van der Waals surface area contributed by atoms with Gasteiger partial charge < -0.3 is 40.7 Å². The van der Waals surface area contributed by atoms with Crippen LogP contribution in [0.5, 0.6) is 0 Å². The molecule has 9 heteroatoms. The average Bonchev–Trinajstić information content (AvgIpc) is 3.84. The summed E-state index contributed by atoms with van der Waals surface area (Å²) in [6.45, 7) is 4.10. The molecular formula is C34H31N9. The number of H-pyrrole nitrogens is 7. The molecular weight excluding hydrogens is 534 g/mol. The van der Waals surface area contributed by atoms with Crippen molar-refractivity contribution in [3.63, 3.8) is 0 Å². The van der Waals surface area contributed by atoms with Gasteiger partial charge >= 0.3 is 0 Å². The second-order valence-corrected chi connectivity index (χ2v) is 11.0. The fraction of sp³-hybridized carbons (Fsp3) is 0.0588. The van der Waals surface area contributed by atoms with E-state index < -0.39 is 0 Å². The van der Waals surface area contributed by atoms with Crippen LogP contribution in [0.3, 0.4) is 0 Å². The summed E-state index contributed by atoms with van der Waals surface area (Å²) in [5, 5.41) is 0. The van der Waals surface area contributed by atoms with Crippen LogP contribution in [-0.4, -0.2) is 39.6 Å². The van der Waals surface area contributed by atoms with Gasteiger partial charge in [0.05, 0.1) is 79.7 Å². The number of nitrogens with one attached hydrogen (secondary N) is 7. The molecule has 0 fully saturated rings. The van der Waals surface area contributed by atoms with Gasteiger partial charge in [-0.1, -0.05) is 0 Å². The summed E-state index contributed by atoms with van der Waals surface area (Å²) >= 11 is 0. The number of aromatic nitrogens is 8. The molecule has 8 heterocycles. The van der Waals surface area contributed by atoms with Crippen LogP contribution in [-0.2, 0) is 0 Å². The van der Waals surface area contributed by atoms with Crippen molar-refractivity contribution in [1.82, 2.24) is 39.6 Å². The maximum absolute atomic E-state index is 6.59. The van der Waals surface area contributed by atoms with E-state index >= 15 is 0 Å². The van der Waals surface area contributed by atoms with Crippen molar-refractivity contribution in [2.75, 3.05) is 5.84 Å². The highest BCUT2D eigenvalue weighted by atomic mass is 15.3. The number of hydrogen-bond acceptors (Lipinski definition) is 1. The zero-order valence-electron chi connectivity index (χ0n) is 23.8. The van der Waals surface area contributed by atoms with E-state index in [4.69, 9.17) is 5.84 Å². The Kier molecular flexibility index (Phi) is 5.51. The van der Waals surface area contributed by atoms with Gasteiger partial charge in [-0.2, -0.15) is 0 Å². The minimum Gasteiger partial charge on any atom is -0.357 e. The monoisotopic (exact) mass is 565 g/mol. The number of rotatable bonds is 7. The highest BCUT2D eigenvalue weighted by Crippen LogP contribution is 2.32. The van der Waals surface area contributed by atoms with E-state index in [2.05, 4.69) is 127 Å². The topological polar surface area (TPSA) is 141 Å². The maximum Gasteiger partial charge on any atom is 0.0860 e. The molecule has 0 aliphatic carbocycles. The molecule has 8 rings (SSSR count). The van der Waals surface area contributed by atoms with Gasteiger partial charge in [0, 0.05) is 11.4 Å². The molecule has 8 aromatic heterocycles. The van der Waals surface area contributed by atoms with Crippen molar-refractivity contribution in [1.29, 1.82) is 0 Å². The lowest BCUT2D eigenvalue weighted by molar-refractivity contribution is 1.02. The first-order valence-corrected chi connectivity index (χ1v) is 14.2. The predicted octanol–water partition coefficient (Wildman–Crippen LogP) is 7.78. The van der Waals surface area contributed by atoms with E-state index in [0.29, 0.717) is 0 Å². The molecule has 9 nitrogen and oxygen atoms in total. The third kappa shape index (κ3) is 4.34. The highest BCUT2D eigenvalue weighted by molar-refractivity contribution is 5.74. The van der Waals surface area contributed by atoms with Gasteiger partial charge in [0.1, 0.15) is 0 Å². The van der Waals surface area contributed by atoms with Crippen molar-refractivity contribution in [3.05, 3.63) is 108 Å². The van der Waals surface area contributed by atoms with E-state index in [1.807, 2.05) is 19.1 Å². The van der Waals surface area contributed by atoms with Crippen LogP contribution < -0.4 is 5.84 Å². The Labute approximate surface area is 247 Å². The Balaban J connectivity index is 1.01. The van der Waals surface area contributed by atoms with Gasteiger partial charge in [-0.05, 0) is 111 Å². The lowest BCUT2D eigenvalue weighted by Crippen LogP contribution is -2.11. The number of nitrogen functional groups attached to an aromatic ring is 1. The summed E-state index contributed by atoms with van der Waals surface area (Å²) in [6.07, 6.45) is 0. The largest absolute Gasteiger partial charge is 0.357 e. The van der Waals surface area contributed by atoms with Gasteiger partial charge in [0.2, 0.25) is 0 Å². The molecule has 0 aromatic carbocycles. The fourth-order valence-corrected chi connectivity index (χ4v) is 5.74. The third-order valence-electron chi connectivity index (χ3n) is 8.01. The van der Waals surface area contributed by atoms with Crippen molar-refractivity contribution in [3.8, 4) is 79.7 Å². The van der Waals surface area contributed by atoms with E-state index in [0.717, 1.165) is 91.1 Å². The van der Waals surface area contributed by atoms with Crippen LogP contribution >= 0.6 is 0 Å². The van der Waals surface area contributed by atoms with Crippen LogP contribution in [0.2, 0.25) is 0 Å². The molecule has 43 heavy (non-hydrogen) atoms. The first-order chi connectivity index (χ1) is 21.0. The van der Waals surface area contributed by atoms with Crippen LogP contribution in [0.1, 0.15) is 11.4 Å². The second-order valence-electron chi connectivity index (χ2n) is 11.0. The van der Waals surface area contributed by atoms with Crippen molar-refractivity contribution < 1.29 is 0 Å². The summed E-state index contributed by atoms with van der Waals surface area (Å²) in [7, 11) is 0. The molecule has 0 atom stereocenters. The molecule has 0 aliphatic heterocycles. The van der Waals surface area contributed by atoms with E-state index in [1.54, 1.807) is 4.68 Å². The summed E-state index contributed by atoms with van der Waals surface area (Å²) in [5.74, 6) is 6.59. The Hall–Kier alpha value is -5.96. The minimum atomic E-state index is 0.897. The maximum atomic E-state index is 6.59. The number of hydrogen-bond donors (Lipinski definition) is 8. The fourth-order valence-electron chi connectivity index (χ4n) is 5.74. The molecule has 9 N–H and O–H groups in total. The minimum absolute atomic E-state index is 0.897. The second kappa shape index (κ2) is 9.56. The molecule has 0 radical (unpaired) electrons. The van der Waals surface area contributed by atoms with Crippen LogP contribution in [0.25, 0.3) is 79.7 Å². The molecule has 0 unspecified atom stereocenters. The lowest BCUT2D eigenvalue weighted by Gasteiger charge is -2.05. The van der Waals surface area contributed by atoms with Crippen LogP contribution in [0.4, 0.5) is 0 Å². The van der Waals surface area contributed by atoms with Crippen molar-refractivity contribution in [2.45, 2.75) is 13.8 Å². The molecule has 0 saturated carbocycles. The van der Waals surface area contributed by atoms with Crippen LogP contribution in [0.15, 0.2) is 97.1 Å². The summed E-state index contributed by atoms with van der Waals surface area (Å²) in [6, 6.07) is 33.2. The standard InChI is InChI=1S/C34H31N9/c1-19-3-5-21(36-19)23-7-8-25(38-23)26-9-10-27(39-26)28-11-12-29(40-28)30-14-16-32(42-30)34-18-17-33(43(34)35)31-15-13-24(41-31)22-6-4-20(2)37-22/h3-18,36-42H,35H2,1-2H3. The Bertz CT molecular complexity index is 2190. The van der Waals surface area contributed by atoms with Gasteiger partial charge in [-0.25, -0.2) is 0 Å². The normalized spacial score (nSPS) is 11.6. The molecule has 0 aliphatic rings. The number of nitrogens with zero attached hydrogens (tertiary/aromatic N) is 1. The van der Waals surface area contributed by atoms with Gasteiger partial charge in [0.15, 0.2) is 0 Å². The molecule has 0 saturated heterocycles. The quantitative estimate of drug-likeness (QED) is 0.0918. The summed E-state index contributed by atoms with van der Waals surface area (Å²) in [5.41, 5.74) is 16.2. The Morgan fingerprint density at radius 1 is 0.326 bits per heavy atom. The third-order valence-corrected chi connectivity index (χ3v) is 8.01. The molecule has 212 valence electrons. The molecule has 8 aromatic rings. The smallest absolute Gasteiger partial charge is 0.0860 e. The van der Waals surface area contributed by atoms with Gasteiger partial charge in [0.25, 0.3) is 0 Å².